The molecule has 0 spiro atoms. The van der Waals surface area contributed by atoms with Crippen LogP contribution in [0.5, 0.6) is 5.75 Å². The van der Waals surface area contributed by atoms with E-state index in [1.807, 2.05) is 91.0 Å². The molecule has 3 rings (SSSR count). The third-order valence-electron chi connectivity index (χ3n) is 5.23. The number of benzene rings is 3. The molecule has 0 fully saturated rings. The molecule has 168 valence electrons. The van der Waals surface area contributed by atoms with E-state index >= 15 is 0 Å². The van der Waals surface area contributed by atoms with Crippen LogP contribution in [0.15, 0.2) is 84.9 Å². The molecule has 0 aliphatic heterocycles. The summed E-state index contributed by atoms with van der Waals surface area (Å²) in [4.78, 5) is 12.7. The Labute approximate surface area is 197 Å². The third kappa shape index (κ3) is 6.14. The predicted octanol–water partition coefficient (Wildman–Crippen LogP) is 6.88. The molecule has 0 bridgehead atoms. The number of rotatable bonds is 7. The van der Waals surface area contributed by atoms with Gasteiger partial charge in [-0.25, -0.2) is 0 Å². The summed E-state index contributed by atoms with van der Waals surface area (Å²) in [5, 5.41) is 0. The van der Waals surface area contributed by atoms with Crippen LogP contribution in [-0.4, -0.2) is 12.6 Å². The van der Waals surface area contributed by atoms with E-state index in [2.05, 4.69) is 5.92 Å². The molecule has 0 aromatic heterocycles. The molecule has 0 radical (unpaired) electrons. The van der Waals surface area contributed by atoms with Crippen molar-refractivity contribution in [3.63, 3.8) is 0 Å². The SMILES string of the molecule is C#CC(C)(OC(=O)C(C)(C)C)c1cc(-c2ccccc2)ccc1OC/C=C/c1ccccc1. The van der Waals surface area contributed by atoms with Crippen LogP contribution in [0, 0.1) is 17.8 Å². The number of carbonyl (C=O) groups is 1. The Morgan fingerprint density at radius 1 is 0.909 bits per heavy atom. The van der Waals surface area contributed by atoms with E-state index in [1.165, 1.54) is 0 Å². The summed E-state index contributed by atoms with van der Waals surface area (Å²) >= 11 is 0. The summed E-state index contributed by atoms with van der Waals surface area (Å²) in [6, 6.07) is 25.8. The Morgan fingerprint density at radius 2 is 1.55 bits per heavy atom. The molecule has 3 nitrogen and oxygen atoms in total. The van der Waals surface area contributed by atoms with Crippen molar-refractivity contribution in [2.45, 2.75) is 33.3 Å². The van der Waals surface area contributed by atoms with Crippen molar-refractivity contribution < 1.29 is 14.3 Å². The van der Waals surface area contributed by atoms with Gasteiger partial charge >= 0.3 is 5.97 Å². The maximum absolute atomic E-state index is 12.7. The zero-order valence-electron chi connectivity index (χ0n) is 19.7. The van der Waals surface area contributed by atoms with Gasteiger partial charge in [-0.05, 0) is 62.6 Å². The molecule has 3 aromatic rings. The molecule has 3 aromatic carbocycles. The second kappa shape index (κ2) is 10.2. The summed E-state index contributed by atoms with van der Waals surface area (Å²) < 4.78 is 12.0. The van der Waals surface area contributed by atoms with Crippen molar-refractivity contribution in [3.8, 4) is 29.2 Å². The van der Waals surface area contributed by atoms with Crippen molar-refractivity contribution in [1.29, 1.82) is 0 Å². The highest BCUT2D eigenvalue weighted by Gasteiger charge is 2.36. The first-order valence-electron chi connectivity index (χ1n) is 11.0. The van der Waals surface area contributed by atoms with E-state index in [1.54, 1.807) is 27.7 Å². The highest BCUT2D eigenvalue weighted by Crippen LogP contribution is 2.37. The molecule has 0 amide bonds. The van der Waals surface area contributed by atoms with Crippen molar-refractivity contribution in [1.82, 2.24) is 0 Å². The van der Waals surface area contributed by atoms with Crippen molar-refractivity contribution in [2.24, 2.45) is 5.41 Å². The lowest BCUT2D eigenvalue weighted by atomic mass is 9.90. The first-order valence-corrected chi connectivity index (χ1v) is 11.0. The summed E-state index contributed by atoms with van der Waals surface area (Å²) in [5.74, 6) is 2.90. The molecule has 0 saturated heterocycles. The molecule has 3 heteroatoms. The number of hydrogen-bond acceptors (Lipinski definition) is 3. The minimum Gasteiger partial charge on any atom is -0.489 e. The van der Waals surface area contributed by atoms with Crippen LogP contribution in [0.3, 0.4) is 0 Å². The van der Waals surface area contributed by atoms with Gasteiger partial charge in [0.05, 0.1) is 11.0 Å². The predicted molar refractivity (Wildman–Crippen MR) is 135 cm³/mol. The Hall–Kier alpha value is -3.77. The number of terminal acetylenes is 1. The highest BCUT2D eigenvalue weighted by atomic mass is 16.6. The maximum atomic E-state index is 12.7. The van der Waals surface area contributed by atoms with Gasteiger partial charge in [0.2, 0.25) is 0 Å². The molecule has 1 unspecified atom stereocenters. The number of esters is 1. The summed E-state index contributed by atoms with van der Waals surface area (Å²) in [6.45, 7) is 7.49. The van der Waals surface area contributed by atoms with Crippen molar-refractivity contribution >= 4 is 12.0 Å². The van der Waals surface area contributed by atoms with Gasteiger partial charge in [0, 0.05) is 0 Å². The minimum atomic E-state index is -1.28. The third-order valence-corrected chi connectivity index (χ3v) is 5.23. The van der Waals surface area contributed by atoms with Crippen molar-refractivity contribution in [2.75, 3.05) is 6.61 Å². The van der Waals surface area contributed by atoms with Crippen LogP contribution < -0.4 is 4.74 Å². The lowest BCUT2D eigenvalue weighted by Crippen LogP contribution is -2.34. The average molecular weight is 439 g/mol. The lowest BCUT2D eigenvalue weighted by molar-refractivity contribution is -0.163. The van der Waals surface area contributed by atoms with Gasteiger partial charge in [-0.15, -0.1) is 6.42 Å². The highest BCUT2D eigenvalue weighted by molar-refractivity contribution is 5.77. The van der Waals surface area contributed by atoms with Gasteiger partial charge < -0.3 is 9.47 Å². The molecule has 0 N–H and O–H groups in total. The number of ether oxygens (including phenoxy) is 2. The molecule has 0 saturated carbocycles. The first kappa shape index (κ1) is 23.9. The van der Waals surface area contributed by atoms with Crippen LogP contribution in [-0.2, 0) is 15.1 Å². The zero-order valence-corrected chi connectivity index (χ0v) is 19.7. The maximum Gasteiger partial charge on any atom is 0.313 e. The fourth-order valence-corrected chi connectivity index (χ4v) is 3.23. The van der Waals surface area contributed by atoms with E-state index in [-0.39, 0.29) is 5.97 Å². The van der Waals surface area contributed by atoms with E-state index in [0.29, 0.717) is 17.9 Å². The van der Waals surface area contributed by atoms with Crippen LogP contribution in [0.4, 0.5) is 0 Å². The molecular weight excluding hydrogens is 408 g/mol. The molecule has 1 atom stereocenters. The second-order valence-corrected chi connectivity index (χ2v) is 9.02. The largest absolute Gasteiger partial charge is 0.489 e. The number of carbonyl (C=O) groups excluding carboxylic acids is 1. The van der Waals surface area contributed by atoms with E-state index in [9.17, 15) is 4.79 Å². The Bertz CT molecular complexity index is 1150. The molecule has 0 aliphatic carbocycles. The van der Waals surface area contributed by atoms with E-state index < -0.39 is 11.0 Å². The molecule has 33 heavy (non-hydrogen) atoms. The van der Waals surface area contributed by atoms with Gasteiger partial charge in [0.25, 0.3) is 0 Å². The topological polar surface area (TPSA) is 35.5 Å². The van der Waals surface area contributed by atoms with Crippen LogP contribution >= 0.6 is 0 Å². The molecular formula is C30H30O3. The van der Waals surface area contributed by atoms with Gasteiger partial charge in [-0.2, -0.15) is 0 Å². The Balaban J connectivity index is 1.95. The summed E-state index contributed by atoms with van der Waals surface area (Å²) in [6.07, 6.45) is 9.86. The summed E-state index contributed by atoms with van der Waals surface area (Å²) in [5.41, 5.74) is 1.76. The minimum absolute atomic E-state index is 0.348. The fourth-order valence-electron chi connectivity index (χ4n) is 3.23. The average Bonchev–Trinajstić information content (AvgIpc) is 2.82. The quantitative estimate of drug-likeness (QED) is 0.298. The van der Waals surface area contributed by atoms with Gasteiger partial charge in [0.1, 0.15) is 12.4 Å². The van der Waals surface area contributed by atoms with Crippen LogP contribution in [0.25, 0.3) is 17.2 Å². The van der Waals surface area contributed by atoms with Gasteiger partial charge in [0.15, 0.2) is 5.60 Å². The lowest BCUT2D eigenvalue weighted by Gasteiger charge is -2.30. The first-order chi connectivity index (χ1) is 15.7. The smallest absolute Gasteiger partial charge is 0.313 e. The van der Waals surface area contributed by atoms with Crippen LogP contribution in [0.1, 0.15) is 38.8 Å². The number of hydrogen-bond donors (Lipinski definition) is 0. The fraction of sp³-hybridized carbons (Fsp3) is 0.233. The Morgan fingerprint density at radius 3 is 2.15 bits per heavy atom. The monoisotopic (exact) mass is 438 g/mol. The van der Waals surface area contributed by atoms with Gasteiger partial charge in [-0.3, -0.25) is 4.79 Å². The molecule has 0 heterocycles. The Kier molecular flexibility index (Phi) is 7.41. The molecule has 0 aliphatic rings. The zero-order chi connectivity index (χ0) is 23.9. The normalized spacial score (nSPS) is 13.2. The van der Waals surface area contributed by atoms with E-state index in [0.717, 1.165) is 16.7 Å². The van der Waals surface area contributed by atoms with Crippen LogP contribution in [0.2, 0.25) is 0 Å². The second-order valence-electron chi connectivity index (χ2n) is 9.02. The van der Waals surface area contributed by atoms with Gasteiger partial charge in [-0.1, -0.05) is 78.7 Å². The van der Waals surface area contributed by atoms with Crippen molar-refractivity contribution in [3.05, 3.63) is 96.1 Å². The summed E-state index contributed by atoms with van der Waals surface area (Å²) in [7, 11) is 0. The van der Waals surface area contributed by atoms with E-state index in [4.69, 9.17) is 15.9 Å². The standard InChI is InChI=1S/C30H30O3/c1-6-30(5,33-28(31)29(2,3)4)26-22-25(24-17-11-8-12-18-24)19-20-27(26)32-21-13-16-23-14-9-7-10-15-23/h1,7-20,22H,21H2,2-5H3/b16-13+.